The number of carbonyl (C=O) groups excluding carboxylic acids is 1. The van der Waals surface area contributed by atoms with Crippen LogP contribution in [0.3, 0.4) is 0 Å². The van der Waals surface area contributed by atoms with E-state index >= 15 is 0 Å². The van der Waals surface area contributed by atoms with E-state index in [2.05, 4.69) is 17.1 Å². The van der Waals surface area contributed by atoms with Crippen LogP contribution in [-0.4, -0.2) is 33.1 Å². The molecule has 0 N–H and O–H groups in total. The van der Waals surface area contributed by atoms with Crippen molar-refractivity contribution in [1.29, 1.82) is 0 Å². The summed E-state index contributed by atoms with van der Waals surface area (Å²) < 4.78 is 7.01. The average Bonchev–Trinajstić information content (AvgIpc) is 3.06. The quantitative estimate of drug-likeness (QED) is 0.447. The van der Waals surface area contributed by atoms with Gasteiger partial charge in [-0.15, -0.1) is 21.5 Å². The SMILES string of the molecule is CCCCOC(=O)CSc1nnc(-c2cccs2)n1C. The van der Waals surface area contributed by atoms with Crippen LogP contribution >= 0.6 is 23.1 Å². The smallest absolute Gasteiger partial charge is 0.316 e. The number of aromatic nitrogens is 3. The van der Waals surface area contributed by atoms with Gasteiger partial charge in [0.05, 0.1) is 17.2 Å². The predicted molar refractivity (Wildman–Crippen MR) is 80.9 cm³/mol. The van der Waals surface area contributed by atoms with Crippen LogP contribution < -0.4 is 0 Å². The highest BCUT2D eigenvalue weighted by Crippen LogP contribution is 2.25. The Labute approximate surface area is 126 Å². The highest BCUT2D eigenvalue weighted by atomic mass is 32.2. The molecule has 2 rings (SSSR count). The summed E-state index contributed by atoms with van der Waals surface area (Å²) in [6, 6.07) is 3.98. The Kier molecular flexibility index (Phi) is 5.60. The molecule has 20 heavy (non-hydrogen) atoms. The zero-order valence-electron chi connectivity index (χ0n) is 11.5. The van der Waals surface area contributed by atoms with Gasteiger partial charge < -0.3 is 9.30 Å². The Balaban J connectivity index is 1.89. The summed E-state index contributed by atoms with van der Waals surface area (Å²) in [5.41, 5.74) is 0. The summed E-state index contributed by atoms with van der Waals surface area (Å²) in [4.78, 5) is 12.6. The number of hydrogen-bond acceptors (Lipinski definition) is 6. The first-order valence-corrected chi connectivity index (χ1v) is 8.30. The van der Waals surface area contributed by atoms with Crippen LogP contribution in [0.1, 0.15) is 19.8 Å². The lowest BCUT2D eigenvalue weighted by Gasteiger charge is -2.04. The Morgan fingerprint density at radius 3 is 3.05 bits per heavy atom. The molecule has 5 nitrogen and oxygen atoms in total. The maximum atomic E-state index is 11.5. The fourth-order valence-electron chi connectivity index (χ4n) is 1.56. The first kappa shape index (κ1) is 15.1. The summed E-state index contributed by atoms with van der Waals surface area (Å²) in [6.45, 7) is 2.56. The molecule has 7 heteroatoms. The number of thiophene rings is 1. The second-order valence-corrected chi connectivity index (χ2v) is 6.10. The van der Waals surface area contributed by atoms with Gasteiger partial charge in [0, 0.05) is 7.05 Å². The Morgan fingerprint density at radius 1 is 1.50 bits per heavy atom. The zero-order chi connectivity index (χ0) is 14.4. The number of unbranched alkanes of at least 4 members (excludes halogenated alkanes) is 1. The van der Waals surface area contributed by atoms with E-state index in [-0.39, 0.29) is 11.7 Å². The van der Waals surface area contributed by atoms with Crippen molar-refractivity contribution in [2.45, 2.75) is 24.9 Å². The predicted octanol–water partition coefficient (Wildman–Crippen LogP) is 2.98. The second kappa shape index (κ2) is 7.44. The molecule has 2 aromatic heterocycles. The van der Waals surface area contributed by atoms with E-state index in [9.17, 15) is 4.79 Å². The van der Waals surface area contributed by atoms with Crippen molar-refractivity contribution >= 4 is 29.1 Å². The van der Waals surface area contributed by atoms with E-state index in [1.807, 2.05) is 29.1 Å². The molecule has 0 aliphatic heterocycles. The molecule has 0 bridgehead atoms. The van der Waals surface area contributed by atoms with Crippen LogP contribution in [0.15, 0.2) is 22.7 Å². The minimum atomic E-state index is -0.205. The molecule has 0 saturated heterocycles. The van der Waals surface area contributed by atoms with Crippen molar-refractivity contribution in [3.63, 3.8) is 0 Å². The molecule has 0 saturated carbocycles. The molecule has 0 radical (unpaired) electrons. The standard InChI is InChI=1S/C13H17N3O2S2/c1-3-4-7-18-11(17)9-20-13-15-14-12(16(13)2)10-6-5-8-19-10/h5-6,8H,3-4,7,9H2,1-2H3. The summed E-state index contributed by atoms with van der Waals surface area (Å²) in [6.07, 6.45) is 1.93. The first-order valence-electron chi connectivity index (χ1n) is 6.44. The van der Waals surface area contributed by atoms with E-state index in [4.69, 9.17) is 4.74 Å². The molecule has 0 atom stereocenters. The van der Waals surface area contributed by atoms with Crippen LogP contribution in [0.5, 0.6) is 0 Å². The van der Waals surface area contributed by atoms with Gasteiger partial charge in [0.1, 0.15) is 0 Å². The monoisotopic (exact) mass is 311 g/mol. The lowest BCUT2D eigenvalue weighted by Crippen LogP contribution is -2.09. The molecule has 0 fully saturated rings. The van der Waals surface area contributed by atoms with Crippen molar-refractivity contribution < 1.29 is 9.53 Å². The molecular formula is C13H17N3O2S2. The molecule has 0 aliphatic rings. The molecule has 2 heterocycles. The van der Waals surface area contributed by atoms with Crippen molar-refractivity contribution in [2.75, 3.05) is 12.4 Å². The van der Waals surface area contributed by atoms with Crippen molar-refractivity contribution in [3.05, 3.63) is 17.5 Å². The Hall–Kier alpha value is -1.34. The van der Waals surface area contributed by atoms with Gasteiger partial charge in [-0.1, -0.05) is 31.2 Å². The third kappa shape index (κ3) is 3.83. The third-order valence-electron chi connectivity index (χ3n) is 2.66. The number of nitrogens with zero attached hydrogens (tertiary/aromatic N) is 3. The molecule has 0 amide bonds. The minimum Gasteiger partial charge on any atom is -0.465 e. The van der Waals surface area contributed by atoms with Gasteiger partial charge in [0.15, 0.2) is 11.0 Å². The van der Waals surface area contributed by atoms with Gasteiger partial charge >= 0.3 is 5.97 Å². The number of hydrogen-bond donors (Lipinski definition) is 0. The van der Waals surface area contributed by atoms with Crippen LogP contribution in [0.2, 0.25) is 0 Å². The lowest BCUT2D eigenvalue weighted by molar-refractivity contribution is -0.140. The fourth-order valence-corrected chi connectivity index (χ4v) is 3.01. The van der Waals surface area contributed by atoms with Gasteiger partial charge in [-0.3, -0.25) is 4.79 Å². The summed E-state index contributed by atoms with van der Waals surface area (Å²) in [5.74, 6) is 0.881. The Bertz CT molecular complexity index is 552. The van der Waals surface area contributed by atoms with Crippen LogP contribution in [-0.2, 0) is 16.6 Å². The van der Waals surface area contributed by atoms with E-state index in [1.165, 1.54) is 11.8 Å². The minimum absolute atomic E-state index is 0.205. The molecular weight excluding hydrogens is 294 g/mol. The number of carbonyl (C=O) groups is 1. The number of ether oxygens (including phenoxy) is 1. The maximum absolute atomic E-state index is 11.5. The van der Waals surface area contributed by atoms with E-state index in [0.29, 0.717) is 6.61 Å². The van der Waals surface area contributed by atoms with Crippen LogP contribution in [0.4, 0.5) is 0 Å². The van der Waals surface area contributed by atoms with E-state index < -0.39 is 0 Å². The van der Waals surface area contributed by atoms with E-state index in [0.717, 1.165) is 28.7 Å². The molecule has 0 aliphatic carbocycles. The largest absolute Gasteiger partial charge is 0.465 e. The van der Waals surface area contributed by atoms with Gasteiger partial charge in [-0.25, -0.2) is 0 Å². The topological polar surface area (TPSA) is 57.0 Å². The van der Waals surface area contributed by atoms with Crippen molar-refractivity contribution in [3.8, 4) is 10.7 Å². The summed E-state index contributed by atoms with van der Waals surface area (Å²) >= 11 is 2.97. The first-order chi connectivity index (χ1) is 9.72. The second-order valence-electron chi connectivity index (χ2n) is 4.21. The molecule has 108 valence electrons. The molecule has 0 aromatic carbocycles. The highest BCUT2D eigenvalue weighted by Gasteiger charge is 2.13. The fraction of sp³-hybridized carbons (Fsp3) is 0.462. The number of thioether (sulfide) groups is 1. The number of rotatable bonds is 7. The number of esters is 1. The Morgan fingerprint density at radius 2 is 2.35 bits per heavy atom. The van der Waals surface area contributed by atoms with Crippen molar-refractivity contribution in [1.82, 2.24) is 14.8 Å². The summed E-state index contributed by atoms with van der Waals surface area (Å²) in [7, 11) is 1.90. The van der Waals surface area contributed by atoms with Gasteiger partial charge in [-0.05, 0) is 17.9 Å². The highest BCUT2D eigenvalue weighted by molar-refractivity contribution is 7.99. The average molecular weight is 311 g/mol. The molecule has 0 spiro atoms. The molecule has 2 aromatic rings. The van der Waals surface area contributed by atoms with Crippen LogP contribution in [0, 0.1) is 0 Å². The maximum Gasteiger partial charge on any atom is 0.316 e. The summed E-state index contributed by atoms with van der Waals surface area (Å²) in [5, 5.41) is 11.0. The van der Waals surface area contributed by atoms with Gasteiger partial charge in [0.2, 0.25) is 0 Å². The normalized spacial score (nSPS) is 10.7. The van der Waals surface area contributed by atoms with Gasteiger partial charge in [-0.2, -0.15) is 0 Å². The zero-order valence-corrected chi connectivity index (χ0v) is 13.2. The molecule has 0 unspecified atom stereocenters. The third-order valence-corrected chi connectivity index (χ3v) is 4.52. The van der Waals surface area contributed by atoms with E-state index in [1.54, 1.807) is 11.3 Å². The van der Waals surface area contributed by atoms with Crippen molar-refractivity contribution in [2.24, 2.45) is 7.05 Å². The van der Waals surface area contributed by atoms with Crippen LogP contribution in [0.25, 0.3) is 10.7 Å². The van der Waals surface area contributed by atoms with Gasteiger partial charge in [0.25, 0.3) is 0 Å². The lowest BCUT2D eigenvalue weighted by atomic mass is 10.4.